The fourth-order valence-corrected chi connectivity index (χ4v) is 2.67. The number of ketones is 1. The Balaban J connectivity index is 1.88. The van der Waals surface area contributed by atoms with Crippen LogP contribution in [-0.2, 0) is 19.4 Å². The molecule has 0 saturated carbocycles. The van der Waals surface area contributed by atoms with Gasteiger partial charge in [-0.2, -0.15) is 0 Å². The Morgan fingerprint density at radius 3 is 2.74 bits per heavy atom. The second-order valence-electron chi connectivity index (χ2n) is 4.96. The molecule has 2 heteroatoms. The first-order valence-corrected chi connectivity index (χ1v) is 6.73. The standard InChI is InChI=1S/C17H17NO/c19-17(11-13-5-2-1-3-6-13)16-8-4-7-14-12-18-10-9-15(14)16/h1-8,18H,9-12H2. The van der Waals surface area contributed by atoms with Crippen LogP contribution in [0.15, 0.2) is 48.5 Å². The maximum Gasteiger partial charge on any atom is 0.167 e. The predicted octanol–water partition coefficient (Wildman–Crippen LogP) is 2.76. The van der Waals surface area contributed by atoms with Gasteiger partial charge >= 0.3 is 0 Å². The lowest BCUT2D eigenvalue weighted by Crippen LogP contribution is -2.25. The fourth-order valence-electron chi connectivity index (χ4n) is 2.67. The van der Waals surface area contributed by atoms with Gasteiger partial charge in [0, 0.05) is 18.5 Å². The second kappa shape index (κ2) is 5.37. The molecule has 1 aliphatic rings. The van der Waals surface area contributed by atoms with Crippen molar-refractivity contribution in [2.75, 3.05) is 6.54 Å². The minimum Gasteiger partial charge on any atom is -0.312 e. The summed E-state index contributed by atoms with van der Waals surface area (Å²) in [6.45, 7) is 1.84. The number of carbonyl (C=O) groups excluding carboxylic acids is 1. The third kappa shape index (κ3) is 2.59. The van der Waals surface area contributed by atoms with Gasteiger partial charge in [-0.3, -0.25) is 4.79 Å². The average molecular weight is 251 g/mol. The highest BCUT2D eigenvalue weighted by Gasteiger charge is 2.17. The first kappa shape index (κ1) is 12.1. The molecule has 0 aliphatic carbocycles. The van der Waals surface area contributed by atoms with Gasteiger partial charge in [-0.25, -0.2) is 0 Å². The highest BCUT2D eigenvalue weighted by atomic mass is 16.1. The summed E-state index contributed by atoms with van der Waals surface area (Å²) < 4.78 is 0. The number of benzene rings is 2. The summed E-state index contributed by atoms with van der Waals surface area (Å²) in [6.07, 6.45) is 1.44. The monoisotopic (exact) mass is 251 g/mol. The van der Waals surface area contributed by atoms with Gasteiger partial charge in [-0.05, 0) is 29.7 Å². The summed E-state index contributed by atoms with van der Waals surface area (Å²) in [5.74, 6) is 0.227. The molecule has 2 nitrogen and oxygen atoms in total. The quantitative estimate of drug-likeness (QED) is 0.850. The lowest BCUT2D eigenvalue weighted by atomic mass is 9.91. The molecule has 0 aromatic heterocycles. The molecular weight excluding hydrogens is 234 g/mol. The molecule has 0 spiro atoms. The summed E-state index contributed by atoms with van der Waals surface area (Å²) in [4.78, 5) is 12.5. The largest absolute Gasteiger partial charge is 0.312 e. The van der Waals surface area contributed by atoms with Crippen LogP contribution in [0.25, 0.3) is 0 Å². The van der Waals surface area contributed by atoms with E-state index < -0.39 is 0 Å². The Morgan fingerprint density at radius 1 is 1.05 bits per heavy atom. The van der Waals surface area contributed by atoms with Crippen molar-refractivity contribution in [1.29, 1.82) is 0 Å². The van der Waals surface area contributed by atoms with Crippen LogP contribution in [0.2, 0.25) is 0 Å². The molecule has 0 bridgehead atoms. The van der Waals surface area contributed by atoms with Crippen LogP contribution < -0.4 is 5.32 Å². The van der Waals surface area contributed by atoms with E-state index in [0.29, 0.717) is 6.42 Å². The molecule has 2 aromatic rings. The van der Waals surface area contributed by atoms with Crippen LogP contribution >= 0.6 is 0 Å². The van der Waals surface area contributed by atoms with Crippen molar-refractivity contribution in [2.45, 2.75) is 19.4 Å². The second-order valence-corrected chi connectivity index (χ2v) is 4.96. The highest BCUT2D eigenvalue weighted by molar-refractivity contribution is 5.99. The highest BCUT2D eigenvalue weighted by Crippen LogP contribution is 2.20. The van der Waals surface area contributed by atoms with E-state index in [2.05, 4.69) is 11.4 Å². The molecular formula is C17H17NO. The molecule has 1 N–H and O–H groups in total. The van der Waals surface area contributed by atoms with Crippen LogP contribution in [0.5, 0.6) is 0 Å². The lowest BCUT2D eigenvalue weighted by molar-refractivity contribution is 0.0992. The Kier molecular flexibility index (Phi) is 3.43. The summed E-state index contributed by atoms with van der Waals surface area (Å²) in [5.41, 5.74) is 4.49. The average Bonchev–Trinajstić information content (AvgIpc) is 2.47. The van der Waals surface area contributed by atoms with Crippen molar-refractivity contribution >= 4 is 5.78 Å². The van der Waals surface area contributed by atoms with E-state index in [1.54, 1.807) is 0 Å². The summed E-state index contributed by atoms with van der Waals surface area (Å²) in [7, 11) is 0. The summed E-state index contributed by atoms with van der Waals surface area (Å²) >= 11 is 0. The molecule has 0 atom stereocenters. The Bertz CT molecular complexity index is 589. The maximum absolute atomic E-state index is 12.5. The van der Waals surface area contributed by atoms with Gasteiger partial charge in [0.05, 0.1) is 0 Å². The van der Waals surface area contributed by atoms with E-state index in [0.717, 1.165) is 30.6 Å². The van der Waals surface area contributed by atoms with E-state index in [-0.39, 0.29) is 5.78 Å². The number of rotatable bonds is 3. The predicted molar refractivity (Wildman–Crippen MR) is 76.3 cm³/mol. The Labute approximate surface area is 113 Å². The third-order valence-corrected chi connectivity index (χ3v) is 3.65. The van der Waals surface area contributed by atoms with Gasteiger partial charge < -0.3 is 5.32 Å². The minimum atomic E-state index is 0.227. The minimum absolute atomic E-state index is 0.227. The van der Waals surface area contributed by atoms with Gasteiger partial charge in [-0.1, -0.05) is 48.5 Å². The molecule has 1 aliphatic heterocycles. The first-order valence-electron chi connectivity index (χ1n) is 6.73. The van der Waals surface area contributed by atoms with E-state index in [1.807, 2.05) is 42.5 Å². The SMILES string of the molecule is O=C(Cc1ccccc1)c1cccc2c1CCNC2. The van der Waals surface area contributed by atoms with Crippen molar-refractivity contribution in [2.24, 2.45) is 0 Å². The molecule has 3 rings (SSSR count). The van der Waals surface area contributed by atoms with Gasteiger partial charge in [0.1, 0.15) is 0 Å². The zero-order chi connectivity index (χ0) is 13.1. The van der Waals surface area contributed by atoms with Crippen LogP contribution in [0.4, 0.5) is 0 Å². The number of nitrogens with one attached hydrogen (secondary N) is 1. The van der Waals surface area contributed by atoms with Gasteiger partial charge in [0.25, 0.3) is 0 Å². The molecule has 0 saturated heterocycles. The Hall–Kier alpha value is -1.93. The fraction of sp³-hybridized carbons (Fsp3) is 0.235. The molecule has 96 valence electrons. The molecule has 0 amide bonds. The van der Waals surface area contributed by atoms with E-state index >= 15 is 0 Å². The maximum atomic E-state index is 12.5. The van der Waals surface area contributed by atoms with Crippen molar-refractivity contribution < 1.29 is 4.79 Å². The van der Waals surface area contributed by atoms with Crippen molar-refractivity contribution in [3.8, 4) is 0 Å². The van der Waals surface area contributed by atoms with Crippen LogP contribution in [0, 0.1) is 0 Å². The smallest absolute Gasteiger partial charge is 0.167 e. The normalized spacial score (nSPS) is 13.9. The Morgan fingerprint density at radius 2 is 1.89 bits per heavy atom. The zero-order valence-corrected chi connectivity index (χ0v) is 10.9. The molecule has 0 radical (unpaired) electrons. The van der Waals surface area contributed by atoms with Crippen LogP contribution in [0.3, 0.4) is 0 Å². The van der Waals surface area contributed by atoms with Crippen molar-refractivity contribution in [3.05, 3.63) is 70.8 Å². The summed E-state index contributed by atoms with van der Waals surface area (Å²) in [5, 5.41) is 3.35. The number of carbonyl (C=O) groups is 1. The summed E-state index contributed by atoms with van der Waals surface area (Å²) in [6, 6.07) is 16.0. The van der Waals surface area contributed by atoms with E-state index in [4.69, 9.17) is 0 Å². The number of hydrogen-bond donors (Lipinski definition) is 1. The van der Waals surface area contributed by atoms with Crippen molar-refractivity contribution in [1.82, 2.24) is 5.32 Å². The van der Waals surface area contributed by atoms with Crippen LogP contribution in [0.1, 0.15) is 27.0 Å². The van der Waals surface area contributed by atoms with Gasteiger partial charge in [0.2, 0.25) is 0 Å². The molecule has 19 heavy (non-hydrogen) atoms. The van der Waals surface area contributed by atoms with E-state index in [9.17, 15) is 4.79 Å². The molecule has 1 heterocycles. The zero-order valence-electron chi connectivity index (χ0n) is 10.9. The molecule has 0 fully saturated rings. The van der Waals surface area contributed by atoms with Crippen molar-refractivity contribution in [3.63, 3.8) is 0 Å². The van der Waals surface area contributed by atoms with Crippen LogP contribution in [-0.4, -0.2) is 12.3 Å². The third-order valence-electron chi connectivity index (χ3n) is 3.65. The topological polar surface area (TPSA) is 29.1 Å². The first-order chi connectivity index (χ1) is 9.34. The molecule has 0 unspecified atom stereocenters. The number of fused-ring (bicyclic) bond motifs is 1. The lowest BCUT2D eigenvalue weighted by Gasteiger charge is -2.19. The van der Waals surface area contributed by atoms with E-state index in [1.165, 1.54) is 11.1 Å². The number of Topliss-reactive ketones (excluding diaryl/α,β-unsaturated/α-hetero) is 1. The molecule has 2 aromatic carbocycles. The number of hydrogen-bond acceptors (Lipinski definition) is 2. The van der Waals surface area contributed by atoms with Gasteiger partial charge in [-0.15, -0.1) is 0 Å². The van der Waals surface area contributed by atoms with Gasteiger partial charge in [0.15, 0.2) is 5.78 Å².